The van der Waals surface area contributed by atoms with Crippen molar-refractivity contribution in [3.63, 3.8) is 0 Å². The van der Waals surface area contributed by atoms with Crippen LogP contribution in [0.3, 0.4) is 0 Å². The second-order valence-electron chi connectivity index (χ2n) is 1.23. The predicted molar refractivity (Wildman–Crippen MR) is 24.1 cm³/mol. The standard InChI is InChI=1S/C3H9O4P/c1-2-7-3-8(4,5)6/h2-3H2,1H3,(H2,4,5,6)/p-2. The third kappa shape index (κ3) is 6.11. The first-order valence-corrected chi connectivity index (χ1v) is 3.88. The Morgan fingerprint density at radius 3 is 2.25 bits per heavy atom. The van der Waals surface area contributed by atoms with Crippen LogP contribution in [0.15, 0.2) is 0 Å². The molecule has 0 heterocycles. The van der Waals surface area contributed by atoms with Crippen LogP contribution in [0.1, 0.15) is 6.92 Å². The molecular weight excluding hydrogens is 131 g/mol. The molecule has 0 aliphatic rings. The average molecular weight is 138 g/mol. The molecule has 0 radical (unpaired) electrons. The van der Waals surface area contributed by atoms with Gasteiger partial charge in [0.2, 0.25) is 0 Å². The molecule has 5 heteroatoms. The highest BCUT2D eigenvalue weighted by atomic mass is 31.2. The molecule has 8 heavy (non-hydrogen) atoms. The fourth-order valence-corrected chi connectivity index (χ4v) is 0.609. The lowest BCUT2D eigenvalue weighted by atomic mass is 10.9. The molecule has 0 saturated heterocycles. The lowest BCUT2D eigenvalue weighted by Crippen LogP contribution is -2.18. The van der Waals surface area contributed by atoms with Gasteiger partial charge in [-0.25, -0.2) is 0 Å². The molecule has 4 nitrogen and oxygen atoms in total. The van der Waals surface area contributed by atoms with Crippen LogP contribution in [0.2, 0.25) is 0 Å². The van der Waals surface area contributed by atoms with E-state index in [0.29, 0.717) is 0 Å². The van der Waals surface area contributed by atoms with Gasteiger partial charge < -0.3 is 19.1 Å². The first-order valence-electron chi connectivity index (χ1n) is 2.15. The Bertz CT molecular complexity index is 95.5. The zero-order valence-electron chi connectivity index (χ0n) is 4.49. The van der Waals surface area contributed by atoms with Gasteiger partial charge in [-0.2, -0.15) is 0 Å². The molecule has 0 fully saturated rings. The summed E-state index contributed by atoms with van der Waals surface area (Å²) in [4.78, 5) is 19.5. The van der Waals surface area contributed by atoms with Crippen LogP contribution in [0.25, 0.3) is 0 Å². The van der Waals surface area contributed by atoms with Gasteiger partial charge in [-0.05, 0) is 14.5 Å². The number of rotatable bonds is 3. The normalized spacial score (nSPS) is 11.9. The first-order chi connectivity index (χ1) is 3.56. The number of hydrogen-bond acceptors (Lipinski definition) is 4. The van der Waals surface area contributed by atoms with Crippen LogP contribution >= 0.6 is 7.60 Å². The lowest BCUT2D eigenvalue weighted by Gasteiger charge is -2.28. The largest absolute Gasteiger partial charge is 0.809 e. The van der Waals surface area contributed by atoms with E-state index < -0.39 is 13.9 Å². The van der Waals surface area contributed by atoms with Gasteiger partial charge in [0.05, 0.1) is 6.35 Å². The van der Waals surface area contributed by atoms with Gasteiger partial charge in [0, 0.05) is 6.61 Å². The minimum absolute atomic E-state index is 0.258. The van der Waals surface area contributed by atoms with Crippen LogP contribution < -0.4 is 9.79 Å². The van der Waals surface area contributed by atoms with Crippen molar-refractivity contribution < 1.29 is 19.1 Å². The van der Waals surface area contributed by atoms with Gasteiger partial charge in [0.15, 0.2) is 0 Å². The Morgan fingerprint density at radius 1 is 1.62 bits per heavy atom. The molecule has 0 rings (SSSR count). The second kappa shape index (κ2) is 3.20. The van der Waals surface area contributed by atoms with E-state index in [9.17, 15) is 14.4 Å². The van der Waals surface area contributed by atoms with Crippen molar-refractivity contribution in [1.29, 1.82) is 0 Å². The van der Waals surface area contributed by atoms with Crippen LogP contribution in [0.4, 0.5) is 0 Å². The lowest BCUT2D eigenvalue weighted by molar-refractivity contribution is -0.318. The van der Waals surface area contributed by atoms with Gasteiger partial charge in [0.1, 0.15) is 0 Å². The monoisotopic (exact) mass is 138 g/mol. The van der Waals surface area contributed by atoms with E-state index in [1.54, 1.807) is 6.92 Å². The highest BCUT2D eigenvalue weighted by molar-refractivity contribution is 7.48. The van der Waals surface area contributed by atoms with Crippen molar-refractivity contribution in [3.8, 4) is 0 Å². The van der Waals surface area contributed by atoms with Crippen molar-refractivity contribution in [3.05, 3.63) is 0 Å². The highest BCUT2D eigenvalue weighted by Gasteiger charge is 1.86. The van der Waals surface area contributed by atoms with Crippen LogP contribution in [0, 0.1) is 0 Å². The van der Waals surface area contributed by atoms with Gasteiger partial charge in [0.25, 0.3) is 0 Å². The quantitative estimate of drug-likeness (QED) is 0.463. The van der Waals surface area contributed by atoms with Gasteiger partial charge in [-0.15, -0.1) is 0 Å². The van der Waals surface area contributed by atoms with Gasteiger partial charge >= 0.3 is 0 Å². The van der Waals surface area contributed by atoms with Gasteiger partial charge in [-0.1, -0.05) is 0 Å². The van der Waals surface area contributed by atoms with Crippen molar-refractivity contribution >= 4 is 7.60 Å². The second-order valence-corrected chi connectivity index (χ2v) is 2.71. The van der Waals surface area contributed by atoms with Crippen molar-refractivity contribution in [2.45, 2.75) is 6.92 Å². The predicted octanol–water partition coefficient (Wildman–Crippen LogP) is -1.11. The molecule has 0 aromatic heterocycles. The molecule has 0 bridgehead atoms. The van der Waals surface area contributed by atoms with Crippen molar-refractivity contribution in [2.24, 2.45) is 0 Å². The molecule has 0 amide bonds. The first kappa shape index (κ1) is 8.11. The van der Waals surface area contributed by atoms with Crippen LogP contribution in [-0.2, 0) is 9.30 Å². The highest BCUT2D eigenvalue weighted by Crippen LogP contribution is 2.21. The molecule has 0 unspecified atom stereocenters. The molecule has 0 aliphatic carbocycles. The van der Waals surface area contributed by atoms with E-state index in [4.69, 9.17) is 0 Å². The summed E-state index contributed by atoms with van der Waals surface area (Å²) in [5, 5.41) is 0. The van der Waals surface area contributed by atoms with E-state index in [2.05, 4.69) is 4.74 Å². The summed E-state index contributed by atoms with van der Waals surface area (Å²) in [7, 11) is -4.40. The molecule has 0 aliphatic heterocycles. The Hall–Kier alpha value is 0.110. The number of ether oxygens (including phenoxy) is 1. The van der Waals surface area contributed by atoms with E-state index >= 15 is 0 Å². The Morgan fingerprint density at radius 2 is 2.12 bits per heavy atom. The zero-order valence-corrected chi connectivity index (χ0v) is 5.39. The van der Waals surface area contributed by atoms with E-state index in [-0.39, 0.29) is 6.61 Å². The van der Waals surface area contributed by atoms with Crippen LogP contribution in [-0.4, -0.2) is 13.0 Å². The third-order valence-corrected chi connectivity index (χ3v) is 0.952. The summed E-state index contributed by atoms with van der Waals surface area (Å²) in [5.74, 6) is 0. The van der Waals surface area contributed by atoms with Crippen molar-refractivity contribution in [2.75, 3.05) is 13.0 Å². The Labute approximate surface area is 47.6 Å². The zero-order chi connectivity index (χ0) is 6.62. The summed E-state index contributed by atoms with van der Waals surface area (Å²) in [6.07, 6.45) is -0.691. The average Bonchev–Trinajstić information content (AvgIpc) is 1.59. The molecule has 0 atom stereocenters. The summed E-state index contributed by atoms with van der Waals surface area (Å²) < 4.78 is 14.0. The summed E-state index contributed by atoms with van der Waals surface area (Å²) >= 11 is 0. The molecule has 0 spiro atoms. The van der Waals surface area contributed by atoms with Crippen LogP contribution in [0.5, 0.6) is 0 Å². The molecule has 0 saturated carbocycles. The Balaban J connectivity index is 3.26. The van der Waals surface area contributed by atoms with Gasteiger partial charge in [-0.3, -0.25) is 0 Å². The summed E-state index contributed by atoms with van der Waals surface area (Å²) in [5.41, 5.74) is 0. The number of hydrogen-bond donors (Lipinski definition) is 0. The Kier molecular flexibility index (Phi) is 3.24. The van der Waals surface area contributed by atoms with E-state index in [1.807, 2.05) is 0 Å². The van der Waals surface area contributed by atoms with E-state index in [1.165, 1.54) is 0 Å². The SMILES string of the molecule is CCOCP(=O)([O-])[O-]. The molecular formula is C3H7O4P-2. The fourth-order valence-electron chi connectivity index (χ4n) is 0.203. The third-order valence-electron chi connectivity index (χ3n) is 0.454. The van der Waals surface area contributed by atoms with E-state index in [0.717, 1.165) is 0 Å². The molecule has 0 N–H and O–H groups in total. The topological polar surface area (TPSA) is 72.4 Å². The maximum Gasteiger partial charge on any atom is 0.0736 e. The van der Waals surface area contributed by atoms with Crippen molar-refractivity contribution in [1.82, 2.24) is 0 Å². The molecule has 0 aromatic carbocycles. The fraction of sp³-hybridized carbons (Fsp3) is 1.00. The smallest absolute Gasteiger partial charge is 0.0736 e. The summed E-state index contributed by atoms with van der Waals surface area (Å²) in [6, 6.07) is 0. The molecule has 0 aromatic rings. The summed E-state index contributed by atoms with van der Waals surface area (Å²) in [6.45, 7) is 1.88. The maximum atomic E-state index is 9.74. The molecule has 50 valence electrons. The minimum Gasteiger partial charge on any atom is -0.809 e. The maximum absolute atomic E-state index is 9.74. The minimum atomic E-state index is -4.40.